The lowest BCUT2D eigenvalue weighted by Gasteiger charge is -2.25. The van der Waals surface area contributed by atoms with Crippen molar-refractivity contribution in [2.75, 3.05) is 20.6 Å². The number of benzene rings is 1. The highest BCUT2D eigenvalue weighted by atomic mass is 35.5. The van der Waals surface area contributed by atoms with Crippen molar-refractivity contribution >= 4 is 17.5 Å². The summed E-state index contributed by atoms with van der Waals surface area (Å²) in [5.41, 5.74) is 0.986. The third-order valence-corrected chi connectivity index (χ3v) is 3.65. The summed E-state index contributed by atoms with van der Waals surface area (Å²) in [5.74, 6) is 0.821. The van der Waals surface area contributed by atoms with E-state index in [-0.39, 0.29) is 11.9 Å². The SMILES string of the molecule is Cc1ccc(C(=O)NCC(c2ccccc2Cl)N(C)C)o1. The van der Waals surface area contributed by atoms with Gasteiger partial charge >= 0.3 is 0 Å². The van der Waals surface area contributed by atoms with Gasteiger partial charge < -0.3 is 14.6 Å². The van der Waals surface area contributed by atoms with Gasteiger partial charge in [-0.15, -0.1) is 0 Å². The third kappa shape index (κ3) is 3.86. The normalized spacial score (nSPS) is 12.4. The van der Waals surface area contributed by atoms with E-state index in [1.54, 1.807) is 12.1 Å². The number of hydrogen-bond acceptors (Lipinski definition) is 3. The molecule has 1 amide bonds. The number of halogens is 1. The van der Waals surface area contributed by atoms with Gasteiger partial charge in [0.25, 0.3) is 5.91 Å². The molecule has 21 heavy (non-hydrogen) atoms. The molecule has 1 unspecified atom stereocenters. The predicted molar refractivity (Wildman–Crippen MR) is 83.7 cm³/mol. The molecule has 112 valence electrons. The highest BCUT2D eigenvalue weighted by molar-refractivity contribution is 6.31. The summed E-state index contributed by atoms with van der Waals surface area (Å²) < 4.78 is 5.32. The topological polar surface area (TPSA) is 45.5 Å². The van der Waals surface area contributed by atoms with Crippen LogP contribution in [0.25, 0.3) is 0 Å². The molecular weight excluding hydrogens is 288 g/mol. The first-order valence-electron chi connectivity index (χ1n) is 6.74. The molecule has 0 saturated carbocycles. The van der Waals surface area contributed by atoms with Crippen LogP contribution in [0.15, 0.2) is 40.8 Å². The zero-order chi connectivity index (χ0) is 15.4. The van der Waals surface area contributed by atoms with Crippen LogP contribution in [0.5, 0.6) is 0 Å². The average molecular weight is 307 g/mol. The van der Waals surface area contributed by atoms with E-state index >= 15 is 0 Å². The van der Waals surface area contributed by atoms with Crippen molar-refractivity contribution in [1.29, 1.82) is 0 Å². The van der Waals surface area contributed by atoms with Crippen molar-refractivity contribution in [2.24, 2.45) is 0 Å². The number of hydrogen-bond donors (Lipinski definition) is 1. The maximum atomic E-state index is 12.0. The van der Waals surface area contributed by atoms with Crippen LogP contribution in [0, 0.1) is 6.92 Å². The van der Waals surface area contributed by atoms with Crippen molar-refractivity contribution in [3.05, 3.63) is 58.5 Å². The fraction of sp³-hybridized carbons (Fsp3) is 0.312. The summed E-state index contributed by atoms with van der Waals surface area (Å²) in [6, 6.07) is 11.1. The van der Waals surface area contributed by atoms with E-state index in [0.29, 0.717) is 17.3 Å². The van der Waals surface area contributed by atoms with E-state index < -0.39 is 0 Å². The van der Waals surface area contributed by atoms with Gasteiger partial charge in [0.2, 0.25) is 0 Å². The Bertz CT molecular complexity index is 622. The van der Waals surface area contributed by atoms with Gasteiger partial charge in [0, 0.05) is 11.6 Å². The molecule has 5 heteroatoms. The second-order valence-corrected chi connectivity index (χ2v) is 5.53. The first kappa shape index (κ1) is 15.6. The Hall–Kier alpha value is -1.78. The van der Waals surface area contributed by atoms with Gasteiger partial charge in [-0.2, -0.15) is 0 Å². The molecule has 0 aliphatic carbocycles. The fourth-order valence-electron chi connectivity index (χ4n) is 2.15. The van der Waals surface area contributed by atoms with Crippen LogP contribution < -0.4 is 5.32 Å². The molecule has 2 rings (SSSR count). The van der Waals surface area contributed by atoms with Gasteiger partial charge in [-0.05, 0) is 44.8 Å². The second-order valence-electron chi connectivity index (χ2n) is 5.12. The van der Waals surface area contributed by atoms with Gasteiger partial charge in [0.15, 0.2) is 5.76 Å². The zero-order valence-electron chi connectivity index (χ0n) is 12.4. The van der Waals surface area contributed by atoms with Crippen molar-refractivity contribution in [1.82, 2.24) is 10.2 Å². The lowest BCUT2D eigenvalue weighted by molar-refractivity contribution is 0.0913. The van der Waals surface area contributed by atoms with Crippen molar-refractivity contribution in [2.45, 2.75) is 13.0 Å². The van der Waals surface area contributed by atoms with E-state index in [1.165, 1.54) is 0 Å². The first-order valence-corrected chi connectivity index (χ1v) is 7.12. The maximum absolute atomic E-state index is 12.0. The Balaban J connectivity index is 2.08. The number of carbonyl (C=O) groups excluding carboxylic acids is 1. The Kier molecular flexibility index (Phi) is 5.04. The first-order chi connectivity index (χ1) is 9.99. The van der Waals surface area contributed by atoms with Gasteiger partial charge in [-0.25, -0.2) is 0 Å². The molecule has 2 aromatic rings. The minimum atomic E-state index is -0.220. The molecule has 0 fully saturated rings. The number of aryl methyl sites for hydroxylation is 1. The summed E-state index contributed by atoms with van der Waals surface area (Å²) in [4.78, 5) is 14.1. The molecule has 1 aromatic carbocycles. The van der Waals surface area contributed by atoms with Gasteiger partial charge in [-0.3, -0.25) is 4.79 Å². The molecule has 0 aliphatic rings. The quantitative estimate of drug-likeness (QED) is 0.922. The van der Waals surface area contributed by atoms with Crippen LogP contribution >= 0.6 is 11.6 Å². The molecule has 0 bridgehead atoms. The molecule has 1 aromatic heterocycles. The van der Waals surface area contributed by atoms with Crippen molar-refractivity contribution < 1.29 is 9.21 Å². The van der Waals surface area contributed by atoms with Crippen LogP contribution in [-0.4, -0.2) is 31.4 Å². The van der Waals surface area contributed by atoms with Gasteiger partial charge in [-0.1, -0.05) is 29.8 Å². The highest BCUT2D eigenvalue weighted by Crippen LogP contribution is 2.25. The lowest BCUT2D eigenvalue weighted by Crippen LogP contribution is -2.34. The van der Waals surface area contributed by atoms with E-state index in [9.17, 15) is 4.79 Å². The Morgan fingerprint density at radius 2 is 2.00 bits per heavy atom. The maximum Gasteiger partial charge on any atom is 0.287 e. The number of carbonyl (C=O) groups is 1. The molecule has 0 spiro atoms. The summed E-state index contributed by atoms with van der Waals surface area (Å²) in [7, 11) is 3.91. The second kappa shape index (κ2) is 6.78. The number of nitrogens with zero attached hydrogens (tertiary/aromatic N) is 1. The number of rotatable bonds is 5. The minimum Gasteiger partial charge on any atom is -0.456 e. The van der Waals surface area contributed by atoms with E-state index in [1.807, 2.05) is 50.2 Å². The molecule has 0 aliphatic heterocycles. The summed E-state index contributed by atoms with van der Waals surface area (Å²) >= 11 is 6.24. The molecule has 4 nitrogen and oxygen atoms in total. The Morgan fingerprint density at radius 3 is 2.57 bits per heavy atom. The standard InChI is InChI=1S/C16H19ClN2O2/c1-11-8-9-15(21-11)16(20)18-10-14(19(2)3)12-6-4-5-7-13(12)17/h4-9,14H,10H2,1-3H3,(H,18,20). The van der Waals surface area contributed by atoms with Crippen LogP contribution in [0.3, 0.4) is 0 Å². The van der Waals surface area contributed by atoms with Crippen LogP contribution in [0.4, 0.5) is 0 Å². The Labute approximate surface area is 129 Å². The molecular formula is C16H19ClN2O2. The van der Waals surface area contributed by atoms with Crippen LogP contribution in [0.1, 0.15) is 27.9 Å². The number of nitrogens with one attached hydrogen (secondary N) is 1. The number of furan rings is 1. The lowest BCUT2D eigenvalue weighted by atomic mass is 10.1. The van der Waals surface area contributed by atoms with Crippen molar-refractivity contribution in [3.8, 4) is 0 Å². The minimum absolute atomic E-state index is 0.00120. The summed E-state index contributed by atoms with van der Waals surface area (Å²) in [6.45, 7) is 2.26. The Morgan fingerprint density at radius 1 is 1.29 bits per heavy atom. The van der Waals surface area contributed by atoms with Gasteiger partial charge in [0.05, 0.1) is 6.04 Å². The number of likely N-dealkylation sites (N-methyl/N-ethyl adjacent to an activating group) is 1. The predicted octanol–water partition coefficient (Wildman–Crippen LogP) is 3.27. The smallest absolute Gasteiger partial charge is 0.287 e. The van der Waals surface area contributed by atoms with Gasteiger partial charge in [0.1, 0.15) is 5.76 Å². The van der Waals surface area contributed by atoms with Crippen molar-refractivity contribution in [3.63, 3.8) is 0 Å². The van der Waals surface area contributed by atoms with E-state index in [4.69, 9.17) is 16.0 Å². The zero-order valence-corrected chi connectivity index (χ0v) is 13.1. The van der Waals surface area contributed by atoms with Crippen LogP contribution in [-0.2, 0) is 0 Å². The largest absolute Gasteiger partial charge is 0.456 e. The van der Waals surface area contributed by atoms with E-state index in [0.717, 1.165) is 11.3 Å². The monoisotopic (exact) mass is 306 g/mol. The fourth-order valence-corrected chi connectivity index (χ4v) is 2.41. The molecule has 0 saturated heterocycles. The summed E-state index contributed by atoms with van der Waals surface area (Å²) in [5, 5.41) is 3.58. The van der Waals surface area contributed by atoms with Crippen LogP contribution in [0.2, 0.25) is 5.02 Å². The highest BCUT2D eigenvalue weighted by Gasteiger charge is 2.19. The molecule has 1 N–H and O–H groups in total. The molecule has 0 radical (unpaired) electrons. The summed E-state index contributed by atoms with van der Waals surface area (Å²) in [6.07, 6.45) is 0. The molecule has 1 atom stereocenters. The molecule has 1 heterocycles. The third-order valence-electron chi connectivity index (χ3n) is 3.31. The number of amides is 1. The average Bonchev–Trinajstić information content (AvgIpc) is 2.87. The van der Waals surface area contributed by atoms with E-state index in [2.05, 4.69) is 5.32 Å².